The van der Waals surface area contributed by atoms with Crippen molar-refractivity contribution in [1.29, 1.82) is 0 Å². The smallest absolute Gasteiger partial charge is 0.323 e. The SMILES string of the molecule is O=C(Nc1ccnn1C[C@@H]1CCOC1)N(Cc1cccnc1)C1CC1. The van der Waals surface area contributed by atoms with E-state index in [9.17, 15) is 4.79 Å². The number of nitrogens with one attached hydrogen (secondary N) is 1. The van der Waals surface area contributed by atoms with Crippen molar-refractivity contribution < 1.29 is 9.53 Å². The molecule has 25 heavy (non-hydrogen) atoms. The minimum atomic E-state index is -0.0734. The molecule has 0 bridgehead atoms. The average molecular weight is 341 g/mol. The van der Waals surface area contributed by atoms with Gasteiger partial charge < -0.3 is 9.64 Å². The standard InChI is InChI=1S/C18H23N5O2/c24-18(22(16-3-4-16)11-14-2-1-7-19-10-14)21-17-5-8-20-23(17)12-15-6-9-25-13-15/h1-2,5,7-8,10,15-16H,3-4,6,9,11-13H2,(H,21,24)/t15-/m0/s1. The Bertz CT molecular complexity index is 707. The van der Waals surface area contributed by atoms with Crippen LogP contribution < -0.4 is 5.32 Å². The van der Waals surface area contributed by atoms with Crippen LogP contribution in [0.5, 0.6) is 0 Å². The third kappa shape index (κ3) is 3.99. The molecule has 2 aromatic heterocycles. The molecule has 0 radical (unpaired) electrons. The lowest BCUT2D eigenvalue weighted by atomic mass is 10.1. The van der Waals surface area contributed by atoms with Crippen LogP contribution in [0.4, 0.5) is 10.6 Å². The molecule has 1 N–H and O–H groups in total. The number of nitrogens with zero attached hydrogens (tertiary/aromatic N) is 4. The Balaban J connectivity index is 1.42. The van der Waals surface area contributed by atoms with Gasteiger partial charge in [0, 0.05) is 50.1 Å². The van der Waals surface area contributed by atoms with Crippen LogP contribution in [-0.2, 0) is 17.8 Å². The quantitative estimate of drug-likeness (QED) is 0.876. The van der Waals surface area contributed by atoms with Crippen molar-refractivity contribution in [3.05, 3.63) is 42.4 Å². The first kappa shape index (κ1) is 16.1. The Hall–Kier alpha value is -2.41. The van der Waals surface area contributed by atoms with Crippen molar-refractivity contribution in [3.8, 4) is 0 Å². The number of anilines is 1. The first-order valence-corrected chi connectivity index (χ1v) is 8.85. The van der Waals surface area contributed by atoms with Gasteiger partial charge in [0.05, 0.1) is 12.8 Å². The van der Waals surface area contributed by atoms with Gasteiger partial charge >= 0.3 is 6.03 Å². The van der Waals surface area contributed by atoms with E-state index in [1.807, 2.05) is 34.0 Å². The number of amides is 2. The predicted molar refractivity (Wildman–Crippen MR) is 93.0 cm³/mol. The largest absolute Gasteiger partial charge is 0.381 e. The molecule has 7 heteroatoms. The van der Waals surface area contributed by atoms with Gasteiger partial charge in [-0.15, -0.1) is 0 Å². The van der Waals surface area contributed by atoms with Crippen molar-refractivity contribution in [1.82, 2.24) is 19.7 Å². The molecule has 1 atom stereocenters. The van der Waals surface area contributed by atoms with Crippen molar-refractivity contribution >= 4 is 11.8 Å². The molecule has 1 aliphatic heterocycles. The highest BCUT2D eigenvalue weighted by molar-refractivity contribution is 5.88. The molecule has 1 aliphatic carbocycles. The molecule has 132 valence electrons. The summed E-state index contributed by atoms with van der Waals surface area (Å²) in [4.78, 5) is 18.9. The Kier molecular flexibility index (Phi) is 4.65. The molecule has 0 unspecified atom stereocenters. The summed E-state index contributed by atoms with van der Waals surface area (Å²) in [7, 11) is 0. The van der Waals surface area contributed by atoms with Gasteiger partial charge in [0.2, 0.25) is 0 Å². The molecule has 0 aromatic carbocycles. The number of carbonyl (C=O) groups is 1. The van der Waals surface area contributed by atoms with Crippen molar-refractivity contribution in [3.63, 3.8) is 0 Å². The maximum atomic E-state index is 12.8. The molecule has 1 saturated carbocycles. The third-order valence-corrected chi connectivity index (χ3v) is 4.73. The summed E-state index contributed by atoms with van der Waals surface area (Å²) in [6, 6.07) is 6.00. The number of urea groups is 1. The van der Waals surface area contributed by atoms with Crippen LogP contribution in [-0.4, -0.2) is 45.0 Å². The molecule has 2 aromatic rings. The second kappa shape index (κ2) is 7.23. The molecular weight excluding hydrogens is 318 g/mol. The van der Waals surface area contributed by atoms with Gasteiger partial charge in [0.1, 0.15) is 5.82 Å². The summed E-state index contributed by atoms with van der Waals surface area (Å²) in [5.41, 5.74) is 1.04. The van der Waals surface area contributed by atoms with Crippen molar-refractivity contribution in [2.75, 3.05) is 18.5 Å². The lowest BCUT2D eigenvalue weighted by Gasteiger charge is -2.23. The maximum Gasteiger partial charge on any atom is 0.323 e. The highest BCUT2D eigenvalue weighted by Gasteiger charge is 2.33. The number of aromatic nitrogens is 3. The number of pyridine rings is 1. The van der Waals surface area contributed by atoms with Crippen LogP contribution in [0.3, 0.4) is 0 Å². The molecule has 2 fully saturated rings. The molecule has 2 aliphatic rings. The minimum Gasteiger partial charge on any atom is -0.381 e. The minimum absolute atomic E-state index is 0.0734. The molecule has 4 rings (SSSR count). The number of ether oxygens (including phenoxy) is 1. The normalized spacial score (nSPS) is 19.8. The first-order chi connectivity index (χ1) is 12.3. The van der Waals surface area contributed by atoms with Crippen LogP contribution in [0.2, 0.25) is 0 Å². The molecule has 3 heterocycles. The topological polar surface area (TPSA) is 72.3 Å². The molecule has 1 saturated heterocycles. The monoisotopic (exact) mass is 341 g/mol. The average Bonchev–Trinajstić information content (AvgIpc) is 3.17. The maximum absolute atomic E-state index is 12.8. The fraction of sp³-hybridized carbons (Fsp3) is 0.500. The van der Waals surface area contributed by atoms with Crippen LogP contribution in [0.25, 0.3) is 0 Å². The summed E-state index contributed by atoms with van der Waals surface area (Å²) in [5.74, 6) is 1.21. The van der Waals surface area contributed by atoms with E-state index >= 15 is 0 Å². The Morgan fingerprint density at radius 3 is 2.96 bits per heavy atom. The lowest BCUT2D eigenvalue weighted by Crippen LogP contribution is -2.37. The van der Waals surface area contributed by atoms with Crippen LogP contribution in [0, 0.1) is 5.92 Å². The van der Waals surface area contributed by atoms with E-state index in [4.69, 9.17) is 4.74 Å². The van der Waals surface area contributed by atoms with Crippen molar-refractivity contribution in [2.45, 2.75) is 38.4 Å². The Labute approximate surface area is 147 Å². The predicted octanol–water partition coefficient (Wildman–Crippen LogP) is 2.51. The van der Waals surface area contributed by atoms with Gasteiger partial charge in [-0.05, 0) is 30.9 Å². The van der Waals surface area contributed by atoms with Crippen LogP contribution in [0.15, 0.2) is 36.8 Å². The van der Waals surface area contributed by atoms with Gasteiger partial charge in [-0.1, -0.05) is 6.07 Å². The highest BCUT2D eigenvalue weighted by Crippen LogP contribution is 2.29. The summed E-state index contributed by atoms with van der Waals surface area (Å²) in [6.07, 6.45) is 8.46. The van der Waals surface area contributed by atoms with Crippen molar-refractivity contribution in [2.24, 2.45) is 5.92 Å². The highest BCUT2D eigenvalue weighted by atomic mass is 16.5. The van der Waals surface area contributed by atoms with Gasteiger partial charge in [-0.2, -0.15) is 5.10 Å². The summed E-state index contributed by atoms with van der Waals surface area (Å²) in [5, 5.41) is 7.39. The van der Waals surface area contributed by atoms with Crippen LogP contribution >= 0.6 is 0 Å². The number of rotatable bonds is 6. The first-order valence-electron chi connectivity index (χ1n) is 8.85. The Morgan fingerprint density at radius 2 is 2.24 bits per heavy atom. The zero-order valence-corrected chi connectivity index (χ0v) is 14.2. The van der Waals surface area contributed by atoms with E-state index in [-0.39, 0.29) is 6.03 Å². The Morgan fingerprint density at radius 1 is 1.32 bits per heavy atom. The molecule has 0 spiro atoms. The second-order valence-electron chi connectivity index (χ2n) is 6.78. The second-order valence-corrected chi connectivity index (χ2v) is 6.78. The fourth-order valence-electron chi connectivity index (χ4n) is 3.18. The van der Waals surface area contributed by atoms with Gasteiger partial charge in [-0.25, -0.2) is 9.48 Å². The molecule has 7 nitrogen and oxygen atoms in total. The number of carbonyl (C=O) groups excluding carboxylic acids is 1. The third-order valence-electron chi connectivity index (χ3n) is 4.73. The summed E-state index contributed by atoms with van der Waals surface area (Å²) < 4.78 is 7.30. The zero-order chi connectivity index (χ0) is 17.1. The van der Waals surface area contributed by atoms with Crippen LogP contribution in [0.1, 0.15) is 24.8 Å². The van der Waals surface area contributed by atoms with Gasteiger partial charge in [-0.3, -0.25) is 10.3 Å². The summed E-state index contributed by atoms with van der Waals surface area (Å²) in [6.45, 7) is 2.93. The lowest BCUT2D eigenvalue weighted by molar-refractivity contribution is 0.181. The van der Waals surface area contributed by atoms with E-state index in [1.165, 1.54) is 0 Å². The zero-order valence-electron chi connectivity index (χ0n) is 14.2. The number of hydrogen-bond acceptors (Lipinski definition) is 4. The fourth-order valence-corrected chi connectivity index (χ4v) is 3.18. The van der Waals surface area contributed by atoms with Gasteiger partial charge in [0.25, 0.3) is 0 Å². The van der Waals surface area contributed by atoms with E-state index in [0.717, 1.165) is 50.4 Å². The van der Waals surface area contributed by atoms with E-state index < -0.39 is 0 Å². The summed E-state index contributed by atoms with van der Waals surface area (Å²) >= 11 is 0. The molecule has 2 amide bonds. The van der Waals surface area contributed by atoms with E-state index in [1.54, 1.807) is 12.4 Å². The number of hydrogen-bond donors (Lipinski definition) is 1. The van der Waals surface area contributed by atoms with E-state index in [0.29, 0.717) is 18.5 Å². The molecular formula is C18H23N5O2. The van der Waals surface area contributed by atoms with E-state index in [2.05, 4.69) is 15.4 Å². The van der Waals surface area contributed by atoms with Gasteiger partial charge in [0.15, 0.2) is 0 Å².